The van der Waals surface area contributed by atoms with Gasteiger partial charge in [0.15, 0.2) is 0 Å². The SMILES string of the molecule is COS(=O)(=O)Cc1ccc2cc3ccccc3cc2c1. The van der Waals surface area contributed by atoms with Crippen LogP contribution in [0.1, 0.15) is 5.56 Å². The van der Waals surface area contributed by atoms with E-state index in [0.717, 1.165) is 21.7 Å². The van der Waals surface area contributed by atoms with Crippen LogP contribution in [0.15, 0.2) is 54.6 Å². The van der Waals surface area contributed by atoms with Gasteiger partial charge in [-0.3, -0.25) is 4.18 Å². The minimum Gasteiger partial charge on any atom is -0.273 e. The third kappa shape index (κ3) is 2.53. The highest BCUT2D eigenvalue weighted by Crippen LogP contribution is 2.24. The first kappa shape index (κ1) is 13.1. The van der Waals surface area contributed by atoms with Gasteiger partial charge in [0.25, 0.3) is 10.1 Å². The van der Waals surface area contributed by atoms with E-state index in [2.05, 4.69) is 22.4 Å². The summed E-state index contributed by atoms with van der Waals surface area (Å²) in [6, 6.07) is 18.0. The first-order valence-electron chi connectivity index (χ1n) is 6.27. The Kier molecular flexibility index (Phi) is 3.20. The fraction of sp³-hybridized carbons (Fsp3) is 0.125. The molecule has 4 heteroatoms. The van der Waals surface area contributed by atoms with Crippen LogP contribution in [0.25, 0.3) is 21.5 Å². The summed E-state index contributed by atoms with van der Waals surface area (Å²) in [5.74, 6) is -0.105. The first-order valence-corrected chi connectivity index (χ1v) is 7.85. The lowest BCUT2D eigenvalue weighted by molar-refractivity contribution is 0.397. The minimum atomic E-state index is -3.48. The van der Waals surface area contributed by atoms with Gasteiger partial charge in [0.2, 0.25) is 0 Å². The van der Waals surface area contributed by atoms with Gasteiger partial charge in [0, 0.05) is 0 Å². The van der Waals surface area contributed by atoms with Crippen LogP contribution in [0, 0.1) is 0 Å². The number of hydrogen-bond donors (Lipinski definition) is 0. The van der Waals surface area contributed by atoms with Crippen molar-refractivity contribution in [1.82, 2.24) is 0 Å². The zero-order valence-corrected chi connectivity index (χ0v) is 11.9. The van der Waals surface area contributed by atoms with Gasteiger partial charge in [0.05, 0.1) is 7.11 Å². The van der Waals surface area contributed by atoms with Gasteiger partial charge in [-0.2, -0.15) is 8.42 Å². The lowest BCUT2D eigenvalue weighted by Gasteiger charge is -2.06. The van der Waals surface area contributed by atoms with Crippen LogP contribution in [0.2, 0.25) is 0 Å². The second kappa shape index (κ2) is 4.89. The maximum atomic E-state index is 11.5. The van der Waals surface area contributed by atoms with Crippen LogP contribution in [-0.4, -0.2) is 15.5 Å². The van der Waals surface area contributed by atoms with E-state index in [0.29, 0.717) is 0 Å². The number of rotatable bonds is 3. The second-order valence-electron chi connectivity index (χ2n) is 4.75. The van der Waals surface area contributed by atoms with Crippen molar-refractivity contribution in [1.29, 1.82) is 0 Å². The molecule has 0 aliphatic heterocycles. The summed E-state index contributed by atoms with van der Waals surface area (Å²) in [5.41, 5.74) is 0.731. The van der Waals surface area contributed by atoms with E-state index >= 15 is 0 Å². The summed E-state index contributed by atoms with van der Waals surface area (Å²) in [6.45, 7) is 0. The highest BCUT2D eigenvalue weighted by molar-refractivity contribution is 7.85. The molecule has 0 aliphatic rings. The zero-order valence-electron chi connectivity index (χ0n) is 11.0. The van der Waals surface area contributed by atoms with Gasteiger partial charge in [-0.25, -0.2) is 0 Å². The number of hydrogen-bond acceptors (Lipinski definition) is 3. The molecular formula is C16H14O3S. The number of benzene rings is 3. The van der Waals surface area contributed by atoms with Gasteiger partial charge >= 0.3 is 0 Å². The first-order chi connectivity index (χ1) is 9.57. The van der Waals surface area contributed by atoms with Crippen molar-refractivity contribution in [3.8, 4) is 0 Å². The average molecular weight is 286 g/mol. The molecule has 20 heavy (non-hydrogen) atoms. The summed E-state index contributed by atoms with van der Waals surface area (Å²) in [7, 11) is -2.30. The summed E-state index contributed by atoms with van der Waals surface area (Å²) in [5, 5.41) is 4.46. The smallest absolute Gasteiger partial charge is 0.271 e. The molecule has 0 atom stereocenters. The molecule has 0 radical (unpaired) electrons. The molecule has 0 N–H and O–H groups in total. The van der Waals surface area contributed by atoms with E-state index in [1.807, 2.05) is 36.4 Å². The van der Waals surface area contributed by atoms with Gasteiger partial charge in [0.1, 0.15) is 5.75 Å². The Morgan fingerprint density at radius 3 is 2.10 bits per heavy atom. The van der Waals surface area contributed by atoms with E-state index < -0.39 is 10.1 Å². The molecule has 3 aromatic carbocycles. The molecule has 0 fully saturated rings. The monoisotopic (exact) mass is 286 g/mol. The van der Waals surface area contributed by atoms with Crippen LogP contribution in [0.3, 0.4) is 0 Å². The van der Waals surface area contributed by atoms with Gasteiger partial charge in [-0.15, -0.1) is 0 Å². The van der Waals surface area contributed by atoms with Crippen molar-refractivity contribution in [2.45, 2.75) is 5.75 Å². The Labute approximate surface area is 117 Å². The molecule has 0 spiro atoms. The Morgan fingerprint density at radius 2 is 1.45 bits per heavy atom. The highest BCUT2D eigenvalue weighted by Gasteiger charge is 2.10. The predicted octanol–water partition coefficient (Wildman–Crippen LogP) is 3.47. The van der Waals surface area contributed by atoms with Crippen LogP contribution in [0.5, 0.6) is 0 Å². The molecule has 0 bridgehead atoms. The molecule has 3 nitrogen and oxygen atoms in total. The molecule has 0 amide bonds. The second-order valence-corrected chi connectivity index (χ2v) is 6.49. The van der Waals surface area contributed by atoms with Gasteiger partial charge in [-0.05, 0) is 39.2 Å². The van der Waals surface area contributed by atoms with E-state index in [-0.39, 0.29) is 5.75 Å². The number of fused-ring (bicyclic) bond motifs is 2. The molecule has 102 valence electrons. The van der Waals surface area contributed by atoms with Crippen LogP contribution in [0.4, 0.5) is 0 Å². The van der Waals surface area contributed by atoms with Crippen molar-refractivity contribution in [3.63, 3.8) is 0 Å². The molecule has 0 saturated heterocycles. The summed E-state index contributed by atoms with van der Waals surface area (Å²) >= 11 is 0. The van der Waals surface area contributed by atoms with E-state index in [1.54, 1.807) is 0 Å². The van der Waals surface area contributed by atoms with Crippen molar-refractivity contribution in [2.24, 2.45) is 0 Å². The van der Waals surface area contributed by atoms with Crippen molar-refractivity contribution in [2.75, 3.05) is 7.11 Å². The lowest BCUT2D eigenvalue weighted by atomic mass is 10.0. The zero-order chi connectivity index (χ0) is 14.2. The summed E-state index contributed by atoms with van der Waals surface area (Å²) < 4.78 is 27.5. The van der Waals surface area contributed by atoms with E-state index in [9.17, 15) is 8.42 Å². The molecule has 3 aromatic rings. The van der Waals surface area contributed by atoms with Crippen molar-refractivity contribution >= 4 is 31.7 Å². The molecule has 3 rings (SSSR count). The van der Waals surface area contributed by atoms with Crippen LogP contribution in [-0.2, 0) is 20.1 Å². The Morgan fingerprint density at radius 1 is 0.850 bits per heavy atom. The molecular weight excluding hydrogens is 272 g/mol. The maximum Gasteiger partial charge on any atom is 0.271 e. The topological polar surface area (TPSA) is 43.4 Å². The standard InChI is InChI=1S/C16H14O3S/c1-19-20(17,18)11-12-6-7-15-9-13-4-2-3-5-14(13)10-16(15)8-12/h2-10H,11H2,1H3. The van der Waals surface area contributed by atoms with Crippen molar-refractivity contribution in [3.05, 3.63) is 60.2 Å². The minimum absolute atomic E-state index is 0.105. The predicted molar refractivity (Wildman–Crippen MR) is 81.1 cm³/mol. The van der Waals surface area contributed by atoms with Crippen LogP contribution >= 0.6 is 0 Å². The van der Waals surface area contributed by atoms with Gasteiger partial charge in [-0.1, -0.05) is 42.5 Å². The Balaban J connectivity index is 2.13. The summed E-state index contributed by atoms with van der Waals surface area (Å²) in [6.07, 6.45) is 0. The molecule has 0 unspecified atom stereocenters. The van der Waals surface area contributed by atoms with Crippen molar-refractivity contribution < 1.29 is 12.6 Å². The highest BCUT2D eigenvalue weighted by atomic mass is 32.2. The van der Waals surface area contributed by atoms with E-state index in [1.165, 1.54) is 12.5 Å². The quantitative estimate of drug-likeness (QED) is 0.547. The largest absolute Gasteiger partial charge is 0.273 e. The molecule has 0 aromatic heterocycles. The lowest BCUT2D eigenvalue weighted by Crippen LogP contribution is -2.05. The molecule has 0 heterocycles. The third-order valence-electron chi connectivity index (χ3n) is 3.37. The Bertz CT molecular complexity index is 883. The Hall–Kier alpha value is -1.91. The maximum absolute atomic E-state index is 11.5. The van der Waals surface area contributed by atoms with E-state index in [4.69, 9.17) is 0 Å². The molecule has 0 saturated carbocycles. The van der Waals surface area contributed by atoms with Gasteiger partial charge < -0.3 is 0 Å². The third-order valence-corrected chi connectivity index (χ3v) is 4.56. The molecule has 0 aliphatic carbocycles. The fourth-order valence-corrected chi connectivity index (χ4v) is 3.05. The fourth-order valence-electron chi connectivity index (χ4n) is 2.34. The van der Waals surface area contributed by atoms with Crippen LogP contribution < -0.4 is 0 Å². The normalized spacial score (nSPS) is 12.1. The summed E-state index contributed by atoms with van der Waals surface area (Å²) in [4.78, 5) is 0. The average Bonchev–Trinajstić information content (AvgIpc) is 2.44.